The van der Waals surface area contributed by atoms with Crippen LogP contribution in [-0.2, 0) is 0 Å². The molecule has 0 saturated heterocycles. The van der Waals surface area contributed by atoms with Gasteiger partial charge in [0.15, 0.2) is 12.0 Å². The highest BCUT2D eigenvalue weighted by molar-refractivity contribution is 5.80. The number of anilines is 1. The van der Waals surface area contributed by atoms with Crippen LogP contribution in [0.3, 0.4) is 0 Å². The lowest BCUT2D eigenvalue weighted by Gasteiger charge is -2.08. The lowest BCUT2D eigenvalue weighted by atomic mass is 10.4. The van der Waals surface area contributed by atoms with E-state index in [2.05, 4.69) is 0 Å². The fourth-order valence-corrected chi connectivity index (χ4v) is 0.772. The summed E-state index contributed by atoms with van der Waals surface area (Å²) in [5.41, 5.74) is 0.815. The molecule has 1 aromatic heterocycles. The van der Waals surface area contributed by atoms with E-state index < -0.39 is 0 Å². The van der Waals surface area contributed by atoms with Crippen molar-refractivity contribution in [3.8, 4) is 0 Å². The van der Waals surface area contributed by atoms with E-state index >= 15 is 0 Å². The van der Waals surface area contributed by atoms with Gasteiger partial charge in [0.05, 0.1) is 12.0 Å². The molecule has 0 aliphatic heterocycles. The van der Waals surface area contributed by atoms with E-state index in [0.29, 0.717) is 12.0 Å². The second kappa shape index (κ2) is 2.56. The summed E-state index contributed by atoms with van der Waals surface area (Å²) in [6.45, 7) is 0. The highest BCUT2D eigenvalue weighted by atomic mass is 16.3. The third kappa shape index (κ3) is 1.03. The zero-order valence-corrected chi connectivity index (χ0v) is 6.00. The summed E-state index contributed by atoms with van der Waals surface area (Å²) < 4.78 is 4.87. The third-order valence-corrected chi connectivity index (χ3v) is 1.26. The average molecular weight is 139 g/mol. The van der Waals surface area contributed by atoms with Crippen molar-refractivity contribution in [1.29, 1.82) is 0 Å². The molecule has 0 aliphatic carbocycles. The first-order chi connectivity index (χ1) is 4.75. The van der Waals surface area contributed by atoms with Crippen molar-refractivity contribution in [3.05, 3.63) is 18.1 Å². The maximum atomic E-state index is 10.3. The van der Waals surface area contributed by atoms with Crippen LogP contribution in [-0.4, -0.2) is 20.4 Å². The van der Waals surface area contributed by atoms with Gasteiger partial charge in [0, 0.05) is 20.2 Å². The van der Waals surface area contributed by atoms with Crippen molar-refractivity contribution in [1.82, 2.24) is 0 Å². The summed E-state index contributed by atoms with van der Waals surface area (Å²) in [7, 11) is 3.72. The molecule has 54 valence electrons. The number of carbonyl (C=O) groups is 1. The van der Waals surface area contributed by atoms with Crippen LogP contribution < -0.4 is 4.90 Å². The molecule has 1 aromatic rings. The molecule has 0 aromatic carbocycles. The molecule has 0 spiro atoms. The Balaban J connectivity index is 3.01. The number of hydrogen-bond acceptors (Lipinski definition) is 3. The van der Waals surface area contributed by atoms with Crippen LogP contribution in [0.4, 0.5) is 5.69 Å². The maximum absolute atomic E-state index is 10.3. The Morgan fingerprint density at radius 3 is 2.70 bits per heavy atom. The first kappa shape index (κ1) is 6.86. The van der Waals surface area contributed by atoms with Crippen molar-refractivity contribution in [2.24, 2.45) is 0 Å². The minimum atomic E-state index is 0.380. The molecule has 1 heterocycles. The van der Waals surface area contributed by atoms with Gasteiger partial charge in [-0.1, -0.05) is 0 Å². The van der Waals surface area contributed by atoms with Crippen LogP contribution in [0.1, 0.15) is 10.6 Å². The lowest BCUT2D eigenvalue weighted by Crippen LogP contribution is -2.09. The second-order valence-corrected chi connectivity index (χ2v) is 2.18. The number of rotatable bonds is 2. The predicted molar refractivity (Wildman–Crippen MR) is 38.4 cm³/mol. The van der Waals surface area contributed by atoms with Crippen molar-refractivity contribution in [2.45, 2.75) is 0 Å². The normalized spacial score (nSPS) is 9.40. The molecule has 0 atom stereocenters. The summed E-state index contributed by atoms with van der Waals surface area (Å²) in [4.78, 5) is 12.1. The summed E-state index contributed by atoms with van der Waals surface area (Å²) in [6, 6.07) is 1.75. The molecule has 0 N–H and O–H groups in total. The number of carbonyl (C=O) groups excluding carboxylic acids is 1. The Kier molecular flexibility index (Phi) is 1.76. The number of nitrogens with zero attached hydrogens (tertiary/aromatic N) is 1. The number of hydrogen-bond donors (Lipinski definition) is 0. The minimum Gasteiger partial charge on any atom is -0.459 e. The quantitative estimate of drug-likeness (QED) is 0.576. The molecule has 10 heavy (non-hydrogen) atoms. The predicted octanol–water partition coefficient (Wildman–Crippen LogP) is 1.16. The highest BCUT2D eigenvalue weighted by Crippen LogP contribution is 2.16. The molecule has 0 bridgehead atoms. The van der Waals surface area contributed by atoms with Crippen LogP contribution in [0.2, 0.25) is 0 Å². The van der Waals surface area contributed by atoms with Crippen LogP contribution in [0.15, 0.2) is 16.7 Å². The molecular formula is C7H9NO2. The van der Waals surface area contributed by atoms with Crippen LogP contribution in [0.5, 0.6) is 0 Å². The monoisotopic (exact) mass is 139 g/mol. The highest BCUT2D eigenvalue weighted by Gasteiger charge is 2.04. The van der Waals surface area contributed by atoms with Gasteiger partial charge in [-0.25, -0.2) is 0 Å². The SMILES string of the molecule is CN(C)c1ccoc1C=O. The Morgan fingerprint density at radius 1 is 1.60 bits per heavy atom. The van der Waals surface area contributed by atoms with Crippen molar-refractivity contribution < 1.29 is 9.21 Å². The molecule has 0 saturated carbocycles. The Labute approximate surface area is 59.2 Å². The standard InChI is InChI=1S/C7H9NO2/c1-8(2)6-3-4-10-7(6)5-9/h3-5H,1-2H3. The first-order valence-corrected chi connectivity index (χ1v) is 2.95. The average Bonchev–Trinajstić information content (AvgIpc) is 2.33. The Hall–Kier alpha value is -1.25. The van der Waals surface area contributed by atoms with Gasteiger partial charge in [-0.2, -0.15) is 0 Å². The third-order valence-electron chi connectivity index (χ3n) is 1.26. The van der Waals surface area contributed by atoms with E-state index in [0.717, 1.165) is 5.69 Å². The number of aldehydes is 1. The van der Waals surface area contributed by atoms with Gasteiger partial charge in [-0.3, -0.25) is 4.79 Å². The topological polar surface area (TPSA) is 33.5 Å². The molecule has 3 heteroatoms. The van der Waals surface area contributed by atoms with E-state index in [1.807, 2.05) is 19.0 Å². The molecule has 0 aliphatic rings. The van der Waals surface area contributed by atoms with E-state index in [1.54, 1.807) is 6.07 Å². The maximum Gasteiger partial charge on any atom is 0.189 e. The van der Waals surface area contributed by atoms with E-state index in [9.17, 15) is 4.79 Å². The van der Waals surface area contributed by atoms with Crippen LogP contribution in [0, 0.1) is 0 Å². The smallest absolute Gasteiger partial charge is 0.189 e. The molecular weight excluding hydrogens is 130 g/mol. The molecule has 3 nitrogen and oxygen atoms in total. The van der Waals surface area contributed by atoms with E-state index in [1.165, 1.54) is 6.26 Å². The summed E-state index contributed by atoms with van der Waals surface area (Å²) in [6.07, 6.45) is 2.20. The summed E-state index contributed by atoms with van der Waals surface area (Å²) in [5, 5.41) is 0. The summed E-state index contributed by atoms with van der Waals surface area (Å²) >= 11 is 0. The molecule has 0 amide bonds. The fraction of sp³-hybridized carbons (Fsp3) is 0.286. The fourth-order valence-electron chi connectivity index (χ4n) is 0.772. The molecule has 0 unspecified atom stereocenters. The van der Waals surface area contributed by atoms with E-state index in [4.69, 9.17) is 4.42 Å². The minimum absolute atomic E-state index is 0.380. The first-order valence-electron chi connectivity index (χ1n) is 2.95. The lowest BCUT2D eigenvalue weighted by molar-refractivity contribution is 0.110. The second-order valence-electron chi connectivity index (χ2n) is 2.18. The van der Waals surface area contributed by atoms with Gasteiger partial charge >= 0.3 is 0 Å². The van der Waals surface area contributed by atoms with Crippen LogP contribution in [0.25, 0.3) is 0 Å². The zero-order valence-electron chi connectivity index (χ0n) is 6.00. The van der Waals surface area contributed by atoms with Gasteiger partial charge in [0.25, 0.3) is 0 Å². The molecule has 1 rings (SSSR count). The Morgan fingerprint density at radius 2 is 2.30 bits per heavy atom. The largest absolute Gasteiger partial charge is 0.459 e. The van der Waals surface area contributed by atoms with Gasteiger partial charge in [0.1, 0.15) is 0 Å². The van der Waals surface area contributed by atoms with Crippen LogP contribution >= 0.6 is 0 Å². The van der Waals surface area contributed by atoms with Crippen molar-refractivity contribution in [2.75, 3.05) is 19.0 Å². The van der Waals surface area contributed by atoms with E-state index in [-0.39, 0.29) is 0 Å². The van der Waals surface area contributed by atoms with Gasteiger partial charge in [-0.05, 0) is 0 Å². The van der Waals surface area contributed by atoms with Gasteiger partial charge in [0.2, 0.25) is 0 Å². The Bertz CT molecular complexity index is 227. The summed E-state index contributed by atoms with van der Waals surface area (Å²) in [5.74, 6) is 0.380. The molecule has 0 radical (unpaired) electrons. The number of furan rings is 1. The van der Waals surface area contributed by atoms with Crippen molar-refractivity contribution in [3.63, 3.8) is 0 Å². The zero-order chi connectivity index (χ0) is 7.56. The van der Waals surface area contributed by atoms with Crippen molar-refractivity contribution >= 4 is 12.0 Å². The van der Waals surface area contributed by atoms with Gasteiger partial charge in [-0.15, -0.1) is 0 Å². The molecule has 0 fully saturated rings. The van der Waals surface area contributed by atoms with Gasteiger partial charge < -0.3 is 9.32 Å².